The van der Waals surface area contributed by atoms with Crippen LogP contribution in [0.3, 0.4) is 0 Å². The molecule has 0 radical (unpaired) electrons. The monoisotopic (exact) mass is 444 g/mol. The molecule has 1 unspecified atom stereocenters. The summed E-state index contributed by atoms with van der Waals surface area (Å²) in [6.07, 6.45) is 4.20. The van der Waals surface area contributed by atoms with Gasteiger partial charge in [-0.1, -0.05) is 0 Å². The van der Waals surface area contributed by atoms with Crippen molar-refractivity contribution in [2.45, 2.75) is 45.3 Å². The molecular formula is C18H29IN4O. The van der Waals surface area contributed by atoms with Gasteiger partial charge in [-0.25, -0.2) is 0 Å². The molecule has 1 aliphatic carbocycles. The van der Waals surface area contributed by atoms with E-state index in [0.29, 0.717) is 11.9 Å². The number of benzene rings is 1. The Labute approximate surface area is 162 Å². The Morgan fingerprint density at radius 1 is 1.29 bits per heavy atom. The van der Waals surface area contributed by atoms with E-state index in [2.05, 4.69) is 15.2 Å². The van der Waals surface area contributed by atoms with Crippen molar-refractivity contribution in [3.8, 4) is 5.75 Å². The summed E-state index contributed by atoms with van der Waals surface area (Å²) in [4.78, 5) is 7.12. The van der Waals surface area contributed by atoms with Gasteiger partial charge in [0.05, 0.1) is 6.10 Å². The maximum Gasteiger partial charge on any atom is 0.193 e. The highest BCUT2D eigenvalue weighted by Crippen LogP contribution is 2.31. The van der Waals surface area contributed by atoms with E-state index >= 15 is 0 Å². The van der Waals surface area contributed by atoms with E-state index < -0.39 is 0 Å². The van der Waals surface area contributed by atoms with Crippen molar-refractivity contribution >= 4 is 35.6 Å². The number of anilines is 1. The molecule has 5 nitrogen and oxygen atoms in total. The molecular weight excluding hydrogens is 415 g/mol. The van der Waals surface area contributed by atoms with Gasteiger partial charge in [-0.3, -0.25) is 4.99 Å². The molecule has 24 heavy (non-hydrogen) atoms. The SMILES string of the molecule is CC(C)Oc1ccc(NC(N)=NCC2CCN(C3CC3)C2)cc1.I. The summed E-state index contributed by atoms with van der Waals surface area (Å²) in [6, 6.07) is 8.68. The first-order chi connectivity index (χ1) is 11.1. The molecule has 1 aromatic rings. The third kappa shape index (κ3) is 5.81. The predicted molar refractivity (Wildman–Crippen MR) is 110 cm³/mol. The lowest BCUT2D eigenvalue weighted by Gasteiger charge is -2.14. The smallest absolute Gasteiger partial charge is 0.193 e. The zero-order valence-electron chi connectivity index (χ0n) is 14.6. The number of ether oxygens (including phenoxy) is 1. The van der Waals surface area contributed by atoms with E-state index in [1.54, 1.807) is 0 Å². The Hall–Kier alpha value is -1.02. The van der Waals surface area contributed by atoms with Crippen molar-refractivity contribution in [1.29, 1.82) is 0 Å². The van der Waals surface area contributed by atoms with Crippen molar-refractivity contribution < 1.29 is 4.74 Å². The fourth-order valence-corrected chi connectivity index (χ4v) is 3.09. The zero-order chi connectivity index (χ0) is 16.2. The van der Waals surface area contributed by atoms with E-state index in [1.807, 2.05) is 38.1 Å². The van der Waals surface area contributed by atoms with E-state index in [9.17, 15) is 0 Å². The van der Waals surface area contributed by atoms with Crippen LogP contribution in [-0.2, 0) is 0 Å². The average molecular weight is 444 g/mol. The van der Waals surface area contributed by atoms with Crippen LogP contribution in [0.25, 0.3) is 0 Å². The summed E-state index contributed by atoms with van der Waals surface area (Å²) in [7, 11) is 0. The minimum absolute atomic E-state index is 0. The second-order valence-electron chi connectivity index (χ2n) is 6.92. The van der Waals surface area contributed by atoms with Crippen LogP contribution in [0.4, 0.5) is 5.69 Å². The number of guanidine groups is 1. The number of rotatable bonds is 6. The van der Waals surface area contributed by atoms with E-state index in [0.717, 1.165) is 24.0 Å². The van der Waals surface area contributed by atoms with Crippen LogP contribution < -0.4 is 15.8 Å². The highest BCUT2D eigenvalue weighted by molar-refractivity contribution is 14.0. The normalized spacial score (nSPS) is 21.6. The number of nitrogens with two attached hydrogens (primary N) is 1. The average Bonchev–Trinajstić information content (AvgIpc) is 3.26. The summed E-state index contributed by atoms with van der Waals surface area (Å²) in [5.74, 6) is 2.01. The molecule has 1 atom stereocenters. The molecule has 0 spiro atoms. The molecule has 1 heterocycles. The molecule has 1 saturated carbocycles. The first-order valence-electron chi connectivity index (χ1n) is 8.68. The van der Waals surface area contributed by atoms with Crippen LogP contribution >= 0.6 is 24.0 Å². The molecule has 2 fully saturated rings. The first kappa shape index (κ1) is 19.3. The standard InChI is InChI=1S/C18H28N4O.HI/c1-13(2)23-17-7-3-15(4-8-17)21-18(19)20-11-14-9-10-22(12-14)16-5-6-16;/h3-4,7-8,13-14,16H,5-6,9-12H2,1-2H3,(H3,19,20,21);1H. The Morgan fingerprint density at radius 2 is 2.00 bits per heavy atom. The Kier molecular flexibility index (Phi) is 7.16. The van der Waals surface area contributed by atoms with Gasteiger partial charge in [-0.05, 0) is 69.8 Å². The third-order valence-corrected chi connectivity index (χ3v) is 4.40. The van der Waals surface area contributed by atoms with Gasteiger partial charge in [-0.2, -0.15) is 0 Å². The van der Waals surface area contributed by atoms with E-state index in [1.165, 1.54) is 32.4 Å². The number of hydrogen-bond acceptors (Lipinski definition) is 3. The second kappa shape index (κ2) is 8.89. The van der Waals surface area contributed by atoms with Crippen LogP contribution in [0.2, 0.25) is 0 Å². The van der Waals surface area contributed by atoms with Gasteiger partial charge in [0.25, 0.3) is 0 Å². The minimum atomic E-state index is 0. The third-order valence-electron chi connectivity index (χ3n) is 4.40. The minimum Gasteiger partial charge on any atom is -0.491 e. The number of hydrogen-bond donors (Lipinski definition) is 2. The van der Waals surface area contributed by atoms with Crippen molar-refractivity contribution in [1.82, 2.24) is 4.90 Å². The zero-order valence-corrected chi connectivity index (χ0v) is 16.9. The number of aliphatic imine (C=N–C) groups is 1. The molecule has 3 N–H and O–H groups in total. The Balaban J connectivity index is 0.00000208. The summed E-state index contributed by atoms with van der Waals surface area (Å²) in [6.45, 7) is 7.27. The molecule has 134 valence electrons. The Bertz CT molecular complexity index is 542. The van der Waals surface area contributed by atoms with Crippen molar-refractivity contribution in [3.05, 3.63) is 24.3 Å². The predicted octanol–water partition coefficient (Wildman–Crippen LogP) is 3.30. The maximum absolute atomic E-state index is 6.00. The van der Waals surface area contributed by atoms with Gasteiger partial charge >= 0.3 is 0 Å². The number of nitrogens with zero attached hydrogens (tertiary/aromatic N) is 2. The molecule has 0 amide bonds. The summed E-state index contributed by atoms with van der Waals surface area (Å²) >= 11 is 0. The van der Waals surface area contributed by atoms with E-state index in [4.69, 9.17) is 10.5 Å². The van der Waals surface area contributed by atoms with Gasteiger partial charge in [0.1, 0.15) is 5.75 Å². The highest BCUT2D eigenvalue weighted by atomic mass is 127. The van der Waals surface area contributed by atoms with Crippen LogP contribution in [0.1, 0.15) is 33.1 Å². The lowest BCUT2D eigenvalue weighted by Crippen LogP contribution is -2.25. The summed E-state index contributed by atoms with van der Waals surface area (Å²) in [5, 5.41) is 3.15. The highest BCUT2D eigenvalue weighted by Gasteiger charge is 2.34. The number of nitrogens with one attached hydrogen (secondary N) is 1. The van der Waals surface area contributed by atoms with Gasteiger partial charge in [-0.15, -0.1) is 24.0 Å². The molecule has 0 aromatic heterocycles. The van der Waals surface area contributed by atoms with Crippen LogP contribution in [0.15, 0.2) is 29.3 Å². The molecule has 3 rings (SSSR count). The van der Waals surface area contributed by atoms with Gasteiger partial charge < -0.3 is 20.7 Å². The van der Waals surface area contributed by atoms with E-state index in [-0.39, 0.29) is 30.1 Å². The lowest BCUT2D eigenvalue weighted by molar-refractivity contribution is 0.242. The number of halogens is 1. The van der Waals surface area contributed by atoms with Crippen molar-refractivity contribution in [2.24, 2.45) is 16.6 Å². The quantitative estimate of drug-likeness (QED) is 0.402. The van der Waals surface area contributed by atoms with Gasteiger partial charge in [0, 0.05) is 24.8 Å². The topological polar surface area (TPSA) is 62.9 Å². The van der Waals surface area contributed by atoms with Gasteiger partial charge in [0.2, 0.25) is 0 Å². The first-order valence-corrected chi connectivity index (χ1v) is 8.68. The molecule has 0 bridgehead atoms. The molecule has 1 saturated heterocycles. The molecule has 6 heteroatoms. The van der Waals surface area contributed by atoms with Crippen LogP contribution in [-0.4, -0.2) is 42.6 Å². The largest absolute Gasteiger partial charge is 0.491 e. The fraction of sp³-hybridized carbons (Fsp3) is 0.611. The lowest BCUT2D eigenvalue weighted by atomic mass is 10.1. The molecule has 2 aliphatic rings. The summed E-state index contributed by atoms with van der Waals surface area (Å²) < 4.78 is 5.63. The van der Waals surface area contributed by atoms with Crippen molar-refractivity contribution in [3.63, 3.8) is 0 Å². The van der Waals surface area contributed by atoms with Crippen LogP contribution in [0.5, 0.6) is 5.75 Å². The Morgan fingerprint density at radius 3 is 2.62 bits per heavy atom. The maximum atomic E-state index is 6.00. The van der Waals surface area contributed by atoms with Gasteiger partial charge in [0.15, 0.2) is 5.96 Å². The molecule has 1 aromatic carbocycles. The van der Waals surface area contributed by atoms with Crippen LogP contribution in [0, 0.1) is 5.92 Å². The fourth-order valence-electron chi connectivity index (χ4n) is 3.09. The van der Waals surface area contributed by atoms with Crippen molar-refractivity contribution in [2.75, 3.05) is 25.0 Å². The molecule has 1 aliphatic heterocycles. The summed E-state index contributed by atoms with van der Waals surface area (Å²) in [5.41, 5.74) is 6.94. The second-order valence-corrected chi connectivity index (χ2v) is 6.92. The number of likely N-dealkylation sites (tertiary alicyclic amines) is 1.